The van der Waals surface area contributed by atoms with Gasteiger partial charge in [0.05, 0.1) is 11.8 Å². The second-order valence-electron chi connectivity index (χ2n) is 10.8. The van der Waals surface area contributed by atoms with Crippen LogP contribution in [0.5, 0.6) is 5.75 Å². The number of phenolic OH excluding ortho intramolecular Hbond substituents is 1. The highest BCUT2D eigenvalue weighted by atomic mass is 16.4. The summed E-state index contributed by atoms with van der Waals surface area (Å²) in [5.41, 5.74) is 2.25. The highest BCUT2D eigenvalue weighted by Gasteiger charge is 2.56. The predicted molar refractivity (Wildman–Crippen MR) is 141 cm³/mol. The number of carboxylic acid groups (broad SMARTS) is 1. The number of ketones is 2. The molecule has 0 radical (unpaired) electrons. The van der Waals surface area contributed by atoms with Gasteiger partial charge in [-0.2, -0.15) is 0 Å². The Morgan fingerprint density at radius 3 is 2.56 bits per heavy atom. The van der Waals surface area contributed by atoms with Gasteiger partial charge in [0, 0.05) is 46.6 Å². The van der Waals surface area contributed by atoms with Gasteiger partial charge < -0.3 is 10.2 Å². The molecule has 6 rings (SSSR count). The molecule has 4 aliphatic rings. The van der Waals surface area contributed by atoms with Crippen LogP contribution in [-0.4, -0.2) is 51.0 Å². The smallest absolute Gasteiger partial charge is 0.303 e. The fourth-order valence-electron chi connectivity index (χ4n) is 6.90. The molecule has 2 amide bonds. The van der Waals surface area contributed by atoms with Gasteiger partial charge in [-0.1, -0.05) is 48.0 Å². The molecule has 2 aromatic carbocycles. The maximum Gasteiger partial charge on any atom is 0.303 e. The lowest BCUT2D eigenvalue weighted by atomic mass is 9.59. The number of imide groups is 1. The number of benzene rings is 2. The molecule has 1 fully saturated rings. The minimum absolute atomic E-state index is 0.0187. The van der Waals surface area contributed by atoms with Crippen LogP contribution < -0.4 is 0 Å². The molecular weight excluding hydrogens is 498 g/mol. The summed E-state index contributed by atoms with van der Waals surface area (Å²) < 4.78 is 0. The Balaban J connectivity index is 1.47. The Hall–Kier alpha value is -4.33. The number of fused-ring (bicyclic) bond motifs is 4. The van der Waals surface area contributed by atoms with Crippen LogP contribution in [0.4, 0.5) is 0 Å². The zero-order valence-corrected chi connectivity index (χ0v) is 21.3. The van der Waals surface area contributed by atoms with E-state index in [0.29, 0.717) is 34.1 Å². The van der Waals surface area contributed by atoms with Crippen molar-refractivity contribution < 1.29 is 34.2 Å². The summed E-state index contributed by atoms with van der Waals surface area (Å²) in [5, 5.41) is 21.9. The second-order valence-corrected chi connectivity index (χ2v) is 10.8. The normalized spacial score (nSPS) is 26.3. The largest absolute Gasteiger partial charge is 0.507 e. The summed E-state index contributed by atoms with van der Waals surface area (Å²) in [4.78, 5) is 65.8. The molecule has 198 valence electrons. The van der Waals surface area contributed by atoms with E-state index in [1.807, 2.05) is 30.3 Å². The Bertz CT molecular complexity index is 1590. The van der Waals surface area contributed by atoms with Crippen molar-refractivity contribution in [2.24, 2.45) is 17.8 Å². The van der Waals surface area contributed by atoms with Crippen molar-refractivity contribution in [3.63, 3.8) is 0 Å². The van der Waals surface area contributed by atoms with E-state index in [1.165, 1.54) is 11.0 Å². The molecule has 3 aliphatic carbocycles. The van der Waals surface area contributed by atoms with E-state index in [4.69, 9.17) is 5.11 Å². The minimum Gasteiger partial charge on any atom is -0.507 e. The second kappa shape index (κ2) is 9.15. The van der Waals surface area contributed by atoms with Crippen LogP contribution in [0.2, 0.25) is 0 Å². The van der Waals surface area contributed by atoms with Crippen LogP contribution in [0.25, 0.3) is 10.8 Å². The van der Waals surface area contributed by atoms with E-state index in [-0.39, 0.29) is 54.9 Å². The molecule has 1 heterocycles. The number of aromatic hydroxyl groups is 1. The third-order valence-corrected chi connectivity index (χ3v) is 8.67. The van der Waals surface area contributed by atoms with E-state index >= 15 is 0 Å². The molecule has 0 spiro atoms. The topological polar surface area (TPSA) is 129 Å². The average molecular weight is 526 g/mol. The van der Waals surface area contributed by atoms with Crippen LogP contribution in [0, 0.1) is 17.8 Å². The standard InChI is InChI=1S/C31H27NO7/c1-15-13-23(33)22-14-21-18(10-11-20-26(21)31(39)32(30(20)38)12-4-7-24(34)35)25(27(22)28(15)36)19-9-8-16-5-2-3-6-17(16)29(19)37/h2-3,5-6,8-10,13,20-21,25-26,37H,4,7,11-12,14H2,1H3,(H,34,35)/t20-,21+,25+,26-/m0/s1. The van der Waals surface area contributed by atoms with Gasteiger partial charge in [0.25, 0.3) is 0 Å². The molecule has 8 heteroatoms. The van der Waals surface area contributed by atoms with Crippen LogP contribution in [0.3, 0.4) is 0 Å². The molecule has 0 aromatic heterocycles. The molecule has 0 saturated carbocycles. The van der Waals surface area contributed by atoms with Crippen molar-refractivity contribution >= 4 is 40.1 Å². The number of amides is 2. The highest BCUT2D eigenvalue weighted by Crippen LogP contribution is 2.56. The first-order valence-electron chi connectivity index (χ1n) is 13.2. The molecule has 0 bridgehead atoms. The van der Waals surface area contributed by atoms with Crippen molar-refractivity contribution in [2.45, 2.75) is 38.5 Å². The number of aliphatic carboxylic acids is 1. The van der Waals surface area contributed by atoms with Gasteiger partial charge in [0.2, 0.25) is 11.8 Å². The molecule has 1 saturated heterocycles. The van der Waals surface area contributed by atoms with E-state index in [0.717, 1.165) is 11.0 Å². The summed E-state index contributed by atoms with van der Waals surface area (Å²) >= 11 is 0. The molecule has 8 nitrogen and oxygen atoms in total. The van der Waals surface area contributed by atoms with Gasteiger partial charge >= 0.3 is 5.97 Å². The third-order valence-electron chi connectivity index (χ3n) is 8.67. The first-order chi connectivity index (χ1) is 18.7. The van der Waals surface area contributed by atoms with Gasteiger partial charge in [-0.15, -0.1) is 0 Å². The molecule has 1 aliphatic heterocycles. The number of allylic oxidation sites excluding steroid dienone is 6. The number of carbonyl (C=O) groups is 5. The summed E-state index contributed by atoms with van der Waals surface area (Å²) in [7, 11) is 0. The zero-order chi connectivity index (χ0) is 27.6. The van der Waals surface area contributed by atoms with E-state index < -0.39 is 29.6 Å². The zero-order valence-electron chi connectivity index (χ0n) is 21.3. The van der Waals surface area contributed by atoms with Crippen molar-refractivity contribution in [1.29, 1.82) is 0 Å². The lowest BCUT2D eigenvalue weighted by Gasteiger charge is -2.42. The summed E-state index contributed by atoms with van der Waals surface area (Å²) in [6.45, 7) is 1.63. The Labute approximate surface area is 224 Å². The lowest BCUT2D eigenvalue weighted by Crippen LogP contribution is -2.40. The van der Waals surface area contributed by atoms with Crippen molar-refractivity contribution in [2.75, 3.05) is 6.54 Å². The fraction of sp³-hybridized carbons (Fsp3) is 0.323. The number of Topliss-reactive ketones (excluding diaryl/α,β-unsaturated/α-hetero) is 1. The molecule has 2 N–H and O–H groups in total. The molecule has 39 heavy (non-hydrogen) atoms. The summed E-state index contributed by atoms with van der Waals surface area (Å²) in [6.07, 6.45) is 3.70. The Morgan fingerprint density at radius 1 is 1.03 bits per heavy atom. The first-order valence-corrected chi connectivity index (χ1v) is 13.2. The first kappa shape index (κ1) is 25.0. The van der Waals surface area contributed by atoms with E-state index in [1.54, 1.807) is 19.1 Å². The number of phenols is 1. The van der Waals surface area contributed by atoms with Crippen molar-refractivity contribution in [1.82, 2.24) is 4.90 Å². The summed E-state index contributed by atoms with van der Waals surface area (Å²) in [6, 6.07) is 11.0. The molecule has 2 aromatic rings. The van der Waals surface area contributed by atoms with Gasteiger partial charge in [-0.05, 0) is 43.6 Å². The van der Waals surface area contributed by atoms with Gasteiger partial charge in [0.1, 0.15) is 5.75 Å². The third kappa shape index (κ3) is 3.77. The number of hydrogen-bond donors (Lipinski definition) is 2. The van der Waals surface area contributed by atoms with Crippen LogP contribution in [0.1, 0.15) is 44.1 Å². The molecular formula is C31H27NO7. The van der Waals surface area contributed by atoms with Crippen LogP contribution in [-0.2, 0) is 24.0 Å². The average Bonchev–Trinajstić information content (AvgIpc) is 3.16. The fourth-order valence-corrected chi connectivity index (χ4v) is 6.90. The van der Waals surface area contributed by atoms with Crippen molar-refractivity contribution in [3.05, 3.63) is 76.4 Å². The van der Waals surface area contributed by atoms with Crippen molar-refractivity contribution in [3.8, 4) is 5.75 Å². The SMILES string of the molecule is CC1=CC(=O)C2=C(C1=O)[C@@H](c1ccc3ccccc3c1O)C1=CC[C@@H]3C(=O)N(CCCC(=O)O)C(=O)[C@@H]3[C@@H]1C2. The monoisotopic (exact) mass is 525 g/mol. The van der Waals surface area contributed by atoms with Gasteiger partial charge in [-0.3, -0.25) is 28.9 Å². The van der Waals surface area contributed by atoms with E-state index in [9.17, 15) is 29.1 Å². The Kier molecular flexibility index (Phi) is 5.86. The quantitative estimate of drug-likeness (QED) is 0.345. The molecule has 4 atom stereocenters. The number of hydrogen-bond acceptors (Lipinski definition) is 6. The maximum absolute atomic E-state index is 13.6. The highest BCUT2D eigenvalue weighted by molar-refractivity contribution is 6.24. The van der Waals surface area contributed by atoms with Gasteiger partial charge in [-0.25, -0.2) is 0 Å². The maximum atomic E-state index is 13.6. The number of carboxylic acids is 1. The number of nitrogens with zero attached hydrogens (tertiary/aromatic N) is 1. The molecule has 0 unspecified atom stereocenters. The number of carbonyl (C=O) groups excluding carboxylic acids is 4. The number of rotatable bonds is 5. The Morgan fingerprint density at radius 2 is 1.79 bits per heavy atom. The van der Waals surface area contributed by atoms with Crippen LogP contribution in [0.15, 0.2) is 70.8 Å². The lowest BCUT2D eigenvalue weighted by molar-refractivity contribution is -0.142. The predicted octanol–water partition coefficient (Wildman–Crippen LogP) is 3.84. The van der Waals surface area contributed by atoms with Gasteiger partial charge in [0.15, 0.2) is 11.6 Å². The van der Waals surface area contributed by atoms with Crippen LogP contribution >= 0.6 is 0 Å². The summed E-state index contributed by atoms with van der Waals surface area (Å²) in [5.74, 6) is -4.75. The van der Waals surface area contributed by atoms with E-state index in [2.05, 4.69) is 0 Å². The minimum atomic E-state index is -0.996. The number of likely N-dealkylation sites (tertiary alicyclic amines) is 1.